The second-order valence-corrected chi connectivity index (χ2v) is 12.5. The van der Waals surface area contributed by atoms with Gasteiger partial charge in [0.2, 0.25) is 0 Å². The molecule has 3 heterocycles. The van der Waals surface area contributed by atoms with Crippen molar-refractivity contribution in [3.63, 3.8) is 0 Å². The smallest absolute Gasteiger partial charge is 0.410 e. The lowest BCUT2D eigenvalue weighted by Gasteiger charge is -2.49. The molecule has 4 amide bonds. The molecule has 0 unspecified atom stereocenters. The van der Waals surface area contributed by atoms with E-state index in [1.54, 1.807) is 14.7 Å². The number of ether oxygens (including phenoxy) is 2. The van der Waals surface area contributed by atoms with Crippen molar-refractivity contribution in [2.24, 2.45) is 5.92 Å². The lowest BCUT2D eigenvalue weighted by atomic mass is 9.97. The minimum Gasteiger partial charge on any atom is -0.530 e. The monoisotopic (exact) mass is 525 g/mol. The van der Waals surface area contributed by atoms with Crippen LogP contribution in [0.3, 0.4) is 0 Å². The maximum absolute atomic E-state index is 13.1. The Kier molecular flexibility index (Phi) is 8.50. The Labute approximate surface area is 219 Å². The van der Waals surface area contributed by atoms with Gasteiger partial charge in [0, 0.05) is 45.2 Å². The van der Waals surface area contributed by atoms with E-state index in [4.69, 9.17) is 9.47 Å². The zero-order valence-electron chi connectivity index (χ0n) is 23.2. The van der Waals surface area contributed by atoms with Crippen LogP contribution in [0.5, 0.6) is 0 Å². The molecule has 3 fully saturated rings. The average Bonchev–Trinajstić information content (AvgIpc) is 2.73. The maximum Gasteiger partial charge on any atom is 0.410 e. The van der Waals surface area contributed by atoms with Crippen molar-refractivity contribution < 1.29 is 38.2 Å². The van der Waals surface area contributed by atoms with E-state index in [2.05, 4.69) is 0 Å². The first-order valence-electron chi connectivity index (χ1n) is 13.1. The Morgan fingerprint density at radius 2 is 1.24 bits per heavy atom. The van der Waals surface area contributed by atoms with Gasteiger partial charge < -0.3 is 43.5 Å². The van der Waals surface area contributed by atoms with Gasteiger partial charge in [-0.1, -0.05) is 0 Å². The summed E-state index contributed by atoms with van der Waals surface area (Å²) < 4.78 is 11.6. The first kappa shape index (κ1) is 28.8. The summed E-state index contributed by atoms with van der Waals surface area (Å²) in [6.45, 7) is 16.5. The predicted octanol–water partition coefficient (Wildman–Crippen LogP) is 0.408. The van der Waals surface area contributed by atoms with Crippen LogP contribution in [0.2, 0.25) is 0 Å². The summed E-state index contributed by atoms with van der Waals surface area (Å²) in [6, 6.07) is -0.104. The summed E-state index contributed by atoms with van der Waals surface area (Å²) in [4.78, 5) is 55.7. The Balaban J connectivity index is 1.59. The zero-order chi connectivity index (χ0) is 27.6. The van der Waals surface area contributed by atoms with E-state index in [0.29, 0.717) is 63.4 Å². The van der Waals surface area contributed by atoms with Crippen LogP contribution in [0.4, 0.5) is 14.4 Å². The Bertz CT molecular complexity index is 860. The van der Waals surface area contributed by atoms with Crippen LogP contribution in [0.1, 0.15) is 41.5 Å². The summed E-state index contributed by atoms with van der Waals surface area (Å²) in [7, 11) is 0. The van der Waals surface area contributed by atoms with Gasteiger partial charge in [0.05, 0.1) is 32.7 Å². The molecule has 0 spiro atoms. The number of piperazine rings is 2. The van der Waals surface area contributed by atoms with Crippen LogP contribution in [0.25, 0.3) is 0 Å². The van der Waals surface area contributed by atoms with Crippen molar-refractivity contribution in [2.75, 3.05) is 78.5 Å². The summed E-state index contributed by atoms with van der Waals surface area (Å²) in [5.74, 6) is -0.0380. The Morgan fingerprint density at radius 3 is 1.73 bits per heavy atom. The summed E-state index contributed by atoms with van der Waals surface area (Å²) in [5, 5.41) is 11.0. The number of carbonyl (C=O) groups excluding carboxylic acids is 4. The Morgan fingerprint density at radius 1 is 0.757 bits per heavy atom. The molecule has 0 bridgehead atoms. The molecule has 0 N–H and O–H groups in total. The molecule has 0 saturated carbocycles. The number of likely N-dealkylation sites (tertiary alicyclic amines) is 1. The van der Waals surface area contributed by atoms with Crippen LogP contribution in [-0.4, -0.2) is 138 Å². The van der Waals surface area contributed by atoms with Gasteiger partial charge in [0.15, 0.2) is 6.54 Å². The molecular formula is C25H43N5O7. The second-order valence-electron chi connectivity index (χ2n) is 12.5. The number of quaternary nitrogens is 1. The number of hydrogen-bond donors (Lipinski definition) is 0. The minimum atomic E-state index is -1.21. The van der Waals surface area contributed by atoms with Crippen LogP contribution in [0.15, 0.2) is 0 Å². The highest BCUT2D eigenvalue weighted by molar-refractivity contribution is 5.75. The maximum atomic E-state index is 13.1. The van der Waals surface area contributed by atoms with E-state index in [1.165, 1.54) is 4.90 Å². The number of carbonyl (C=O) groups is 4. The fourth-order valence-electron chi connectivity index (χ4n) is 5.12. The number of hydrogen-bond acceptors (Lipinski definition) is 7. The van der Waals surface area contributed by atoms with Crippen LogP contribution < -0.4 is 5.11 Å². The topological polar surface area (TPSA) is 123 Å². The average molecular weight is 526 g/mol. The third-order valence-corrected chi connectivity index (χ3v) is 6.91. The first-order chi connectivity index (χ1) is 17.1. The SMILES string of the molecule is CC(C)(C)OC(=O)C[N+]1(CC2CN(C(=O)OC(C)(C)C)C2)CCN(C(=O)N2CCN(C(=O)[O-])CC2)CC1. The van der Waals surface area contributed by atoms with E-state index < -0.39 is 17.3 Å². The molecule has 3 aliphatic rings. The highest BCUT2D eigenvalue weighted by atomic mass is 16.6. The van der Waals surface area contributed by atoms with Gasteiger partial charge in [-0.3, -0.25) is 0 Å². The van der Waals surface area contributed by atoms with Gasteiger partial charge in [0.1, 0.15) is 17.3 Å². The number of rotatable bonds is 4. The highest BCUT2D eigenvalue weighted by Crippen LogP contribution is 2.26. The third kappa shape index (κ3) is 8.11. The van der Waals surface area contributed by atoms with Gasteiger partial charge >= 0.3 is 18.1 Å². The Hall–Kier alpha value is -2.76. The third-order valence-electron chi connectivity index (χ3n) is 6.91. The number of amides is 4. The molecule has 210 valence electrons. The van der Waals surface area contributed by atoms with Gasteiger partial charge in [-0.15, -0.1) is 0 Å². The highest BCUT2D eigenvalue weighted by Gasteiger charge is 2.44. The molecule has 0 aliphatic carbocycles. The molecule has 0 radical (unpaired) electrons. The van der Waals surface area contributed by atoms with Crippen molar-refractivity contribution in [1.29, 1.82) is 0 Å². The molecule has 3 aliphatic heterocycles. The minimum absolute atomic E-state index is 0.104. The molecule has 0 aromatic rings. The normalized spacial score (nSPS) is 20.8. The summed E-state index contributed by atoms with van der Waals surface area (Å²) >= 11 is 0. The fraction of sp³-hybridized carbons (Fsp3) is 0.840. The van der Waals surface area contributed by atoms with E-state index in [1.807, 2.05) is 41.5 Å². The number of carboxylic acid groups (broad SMARTS) is 1. The van der Waals surface area contributed by atoms with Crippen molar-refractivity contribution in [3.05, 3.63) is 0 Å². The largest absolute Gasteiger partial charge is 0.530 e. The van der Waals surface area contributed by atoms with Crippen molar-refractivity contribution in [2.45, 2.75) is 52.7 Å². The standard InChI is InChI=1S/C25H43N5O7/c1-24(2,3)36-20(31)18-30(17-19-15-29(16-19)23(35)37-25(4,5)6)13-11-27(12-14-30)21(32)26-7-9-28(10-8-26)22(33)34/h19H,7-18H2,1-6H3. The zero-order valence-corrected chi connectivity index (χ0v) is 23.2. The van der Waals surface area contributed by atoms with E-state index in [0.717, 1.165) is 0 Å². The predicted molar refractivity (Wildman–Crippen MR) is 132 cm³/mol. The van der Waals surface area contributed by atoms with Gasteiger partial charge in [-0.05, 0) is 41.5 Å². The van der Waals surface area contributed by atoms with Gasteiger partial charge in [0.25, 0.3) is 0 Å². The van der Waals surface area contributed by atoms with Crippen LogP contribution in [-0.2, 0) is 14.3 Å². The van der Waals surface area contributed by atoms with Crippen molar-refractivity contribution in [3.8, 4) is 0 Å². The molecule has 12 nitrogen and oxygen atoms in total. The van der Waals surface area contributed by atoms with Crippen LogP contribution in [0, 0.1) is 5.92 Å². The van der Waals surface area contributed by atoms with E-state index >= 15 is 0 Å². The first-order valence-corrected chi connectivity index (χ1v) is 13.1. The number of esters is 1. The van der Waals surface area contributed by atoms with Gasteiger partial charge in [-0.25, -0.2) is 14.4 Å². The summed E-state index contributed by atoms with van der Waals surface area (Å²) in [5.41, 5.74) is -1.14. The molecule has 37 heavy (non-hydrogen) atoms. The molecule has 3 saturated heterocycles. The van der Waals surface area contributed by atoms with Crippen molar-refractivity contribution in [1.82, 2.24) is 19.6 Å². The second kappa shape index (κ2) is 10.9. The van der Waals surface area contributed by atoms with Crippen LogP contribution >= 0.6 is 0 Å². The fourth-order valence-corrected chi connectivity index (χ4v) is 5.12. The number of nitrogens with zero attached hydrogens (tertiary/aromatic N) is 5. The van der Waals surface area contributed by atoms with Crippen molar-refractivity contribution >= 4 is 24.2 Å². The summed E-state index contributed by atoms with van der Waals surface area (Å²) in [6.07, 6.45) is -1.54. The van der Waals surface area contributed by atoms with Gasteiger partial charge in [-0.2, -0.15) is 0 Å². The number of urea groups is 1. The van der Waals surface area contributed by atoms with E-state index in [-0.39, 0.29) is 43.6 Å². The molecule has 12 heteroatoms. The molecule has 3 rings (SSSR count). The lowest BCUT2D eigenvalue weighted by molar-refractivity contribution is -0.928. The van der Waals surface area contributed by atoms with E-state index in [9.17, 15) is 24.3 Å². The molecule has 0 atom stereocenters. The lowest BCUT2D eigenvalue weighted by Crippen LogP contribution is -2.68. The molecule has 0 aromatic heterocycles. The molecular weight excluding hydrogens is 482 g/mol. The quantitative estimate of drug-likeness (QED) is 0.385. The molecule has 0 aromatic carbocycles.